The summed E-state index contributed by atoms with van der Waals surface area (Å²) in [7, 11) is -0.896. The predicted molar refractivity (Wildman–Crippen MR) is 142 cm³/mol. The van der Waals surface area contributed by atoms with Crippen LogP contribution < -0.4 is 24.2 Å². The van der Waals surface area contributed by atoms with Crippen LogP contribution in [-0.4, -0.2) is 57.3 Å². The molecule has 0 aliphatic carbocycles. The number of carboxylic acid groups (broad SMARTS) is 2. The third-order valence-corrected chi connectivity index (χ3v) is 6.35. The molecule has 39 heavy (non-hydrogen) atoms. The summed E-state index contributed by atoms with van der Waals surface area (Å²) in [5, 5.41) is 17.5. The fourth-order valence-electron chi connectivity index (χ4n) is 3.04. The van der Waals surface area contributed by atoms with Crippen molar-refractivity contribution >= 4 is 39.2 Å². The molecule has 0 aromatic heterocycles. The Morgan fingerprint density at radius 2 is 1.36 bits per heavy atom. The van der Waals surface area contributed by atoms with Crippen molar-refractivity contribution in [1.82, 2.24) is 0 Å². The van der Waals surface area contributed by atoms with Gasteiger partial charge in [0.1, 0.15) is 5.75 Å². The number of nitrogens with one attached hydrogen (secondary N) is 2. The molecular formula is C26H28N2O10S. The van der Waals surface area contributed by atoms with Gasteiger partial charge in [0.25, 0.3) is 10.0 Å². The molecule has 4 N–H and O–H groups in total. The third-order valence-electron chi connectivity index (χ3n) is 4.98. The average Bonchev–Trinajstić information content (AvgIpc) is 2.90. The van der Waals surface area contributed by atoms with E-state index in [1.807, 2.05) is 12.1 Å². The number of carbonyl (C=O) groups is 3. The van der Waals surface area contributed by atoms with Gasteiger partial charge in [0.15, 0.2) is 11.5 Å². The Balaban J connectivity index is 0.000000798. The number of amides is 1. The number of ether oxygens (including phenoxy) is 3. The highest BCUT2D eigenvalue weighted by Gasteiger charge is 2.18. The van der Waals surface area contributed by atoms with E-state index < -0.39 is 22.0 Å². The van der Waals surface area contributed by atoms with Gasteiger partial charge in [-0.3, -0.25) is 9.52 Å². The first kappa shape index (κ1) is 30.4. The Kier molecular flexibility index (Phi) is 11.1. The summed E-state index contributed by atoms with van der Waals surface area (Å²) in [5.41, 5.74) is 1.45. The minimum absolute atomic E-state index is 0.0135. The lowest BCUT2D eigenvalue weighted by molar-refractivity contribution is -0.159. The molecule has 0 aliphatic rings. The van der Waals surface area contributed by atoms with E-state index in [-0.39, 0.29) is 23.8 Å². The summed E-state index contributed by atoms with van der Waals surface area (Å²) in [6, 6.07) is 18.4. The lowest BCUT2D eigenvalue weighted by Crippen LogP contribution is -2.17. The Morgan fingerprint density at radius 3 is 1.95 bits per heavy atom. The van der Waals surface area contributed by atoms with Crippen LogP contribution >= 0.6 is 0 Å². The Bertz CT molecular complexity index is 1410. The average molecular weight is 561 g/mol. The molecule has 0 radical (unpaired) electrons. The minimum atomic E-state index is -3.90. The molecule has 0 fully saturated rings. The summed E-state index contributed by atoms with van der Waals surface area (Å²) >= 11 is 0. The number of aryl methyl sites for hydroxylation is 1. The SMILES string of the molecule is COc1ccccc1NS(=O)(=O)c1ccc(C)c(NC(=O)CCOc2ccccc2OC)c1.O=C(O)C(=O)O. The maximum absolute atomic E-state index is 12.9. The molecule has 0 saturated carbocycles. The van der Waals surface area contributed by atoms with E-state index in [9.17, 15) is 13.2 Å². The Labute approximate surface area is 225 Å². The molecule has 0 heterocycles. The molecular weight excluding hydrogens is 532 g/mol. The van der Waals surface area contributed by atoms with Crippen molar-refractivity contribution in [3.05, 3.63) is 72.3 Å². The summed E-state index contributed by atoms with van der Waals surface area (Å²) in [5.74, 6) is -2.43. The molecule has 0 spiro atoms. The predicted octanol–water partition coefficient (Wildman–Crippen LogP) is 3.38. The smallest absolute Gasteiger partial charge is 0.414 e. The second-order valence-corrected chi connectivity index (χ2v) is 9.37. The number of hydrogen-bond donors (Lipinski definition) is 4. The van der Waals surface area contributed by atoms with Gasteiger partial charge in [0, 0.05) is 5.69 Å². The van der Waals surface area contributed by atoms with Crippen LogP contribution in [0.1, 0.15) is 12.0 Å². The number of benzene rings is 3. The normalized spacial score (nSPS) is 10.3. The molecule has 0 saturated heterocycles. The van der Waals surface area contributed by atoms with Crippen LogP contribution in [0.4, 0.5) is 11.4 Å². The standard InChI is InChI=1S/C24H26N2O6S.C2H2O4/c1-17-12-13-18(33(28,29)26-19-8-4-5-9-21(19)30-2)16-20(17)25-24(27)14-15-32-23-11-7-6-10-22(23)31-3;3-1(4)2(5)6/h4-13,16,26H,14-15H2,1-3H3,(H,25,27);(H,3,4)(H,5,6). The molecule has 3 rings (SSSR count). The summed E-state index contributed by atoms with van der Waals surface area (Å²) < 4.78 is 44.4. The molecule has 13 heteroatoms. The monoisotopic (exact) mass is 560 g/mol. The van der Waals surface area contributed by atoms with Crippen molar-refractivity contribution in [3.63, 3.8) is 0 Å². The van der Waals surface area contributed by atoms with Gasteiger partial charge in [-0.1, -0.05) is 30.3 Å². The number of carbonyl (C=O) groups excluding carboxylic acids is 1. The van der Waals surface area contributed by atoms with E-state index in [2.05, 4.69) is 10.0 Å². The van der Waals surface area contributed by atoms with Crippen LogP contribution in [0.3, 0.4) is 0 Å². The minimum Gasteiger partial charge on any atom is -0.495 e. The lowest BCUT2D eigenvalue weighted by Gasteiger charge is -2.14. The van der Waals surface area contributed by atoms with Crippen LogP contribution in [-0.2, 0) is 24.4 Å². The summed E-state index contributed by atoms with van der Waals surface area (Å²) in [6.07, 6.45) is 0.0773. The topological polar surface area (TPSA) is 178 Å². The number of rotatable bonds is 10. The summed E-state index contributed by atoms with van der Waals surface area (Å²) in [6.45, 7) is 1.92. The van der Waals surface area contributed by atoms with Gasteiger partial charge in [-0.15, -0.1) is 0 Å². The van der Waals surface area contributed by atoms with Crippen LogP contribution in [0.2, 0.25) is 0 Å². The molecule has 208 valence electrons. The van der Waals surface area contributed by atoms with Gasteiger partial charge < -0.3 is 29.7 Å². The van der Waals surface area contributed by atoms with Gasteiger partial charge >= 0.3 is 11.9 Å². The number of aliphatic carboxylic acids is 2. The van der Waals surface area contributed by atoms with Crippen LogP contribution in [0, 0.1) is 6.92 Å². The molecule has 0 unspecified atom stereocenters. The van der Waals surface area contributed by atoms with Gasteiger partial charge in [-0.25, -0.2) is 18.0 Å². The van der Waals surface area contributed by atoms with E-state index in [1.54, 1.807) is 56.5 Å². The second kappa shape index (κ2) is 14.2. The Morgan fingerprint density at radius 1 is 0.795 bits per heavy atom. The number of para-hydroxylation sites is 4. The third kappa shape index (κ3) is 9.23. The number of anilines is 2. The second-order valence-electron chi connectivity index (χ2n) is 7.69. The highest BCUT2D eigenvalue weighted by molar-refractivity contribution is 7.92. The van der Waals surface area contributed by atoms with Gasteiger partial charge in [-0.2, -0.15) is 0 Å². The molecule has 12 nitrogen and oxygen atoms in total. The maximum atomic E-state index is 12.9. The van der Waals surface area contributed by atoms with Crippen LogP contribution in [0.5, 0.6) is 17.2 Å². The zero-order chi connectivity index (χ0) is 29.0. The van der Waals surface area contributed by atoms with E-state index in [0.29, 0.717) is 28.6 Å². The van der Waals surface area contributed by atoms with Gasteiger partial charge in [0.2, 0.25) is 5.91 Å². The Hall–Kier alpha value is -4.78. The van der Waals surface area contributed by atoms with Crippen molar-refractivity contribution in [2.45, 2.75) is 18.2 Å². The first-order valence-electron chi connectivity index (χ1n) is 11.3. The molecule has 1 amide bonds. The van der Waals surface area contributed by atoms with Crippen molar-refractivity contribution in [3.8, 4) is 17.2 Å². The lowest BCUT2D eigenvalue weighted by atomic mass is 10.2. The van der Waals surface area contributed by atoms with Crippen molar-refractivity contribution in [2.24, 2.45) is 0 Å². The number of carboxylic acids is 2. The van der Waals surface area contributed by atoms with Crippen molar-refractivity contribution in [1.29, 1.82) is 0 Å². The fourth-order valence-corrected chi connectivity index (χ4v) is 4.14. The molecule has 0 aliphatic heterocycles. The maximum Gasteiger partial charge on any atom is 0.414 e. The number of hydrogen-bond acceptors (Lipinski definition) is 8. The molecule has 0 bridgehead atoms. The van der Waals surface area contributed by atoms with E-state index >= 15 is 0 Å². The molecule has 0 atom stereocenters. The van der Waals surface area contributed by atoms with Crippen LogP contribution in [0.15, 0.2) is 71.6 Å². The van der Waals surface area contributed by atoms with Gasteiger partial charge in [-0.05, 0) is 48.9 Å². The molecule has 3 aromatic rings. The fraction of sp³-hybridized carbons (Fsp3) is 0.192. The van der Waals surface area contributed by atoms with E-state index in [1.165, 1.54) is 19.2 Å². The quantitative estimate of drug-likeness (QED) is 0.269. The first-order chi connectivity index (χ1) is 18.5. The van der Waals surface area contributed by atoms with E-state index in [0.717, 1.165) is 5.56 Å². The zero-order valence-electron chi connectivity index (χ0n) is 21.3. The van der Waals surface area contributed by atoms with E-state index in [4.69, 9.17) is 34.0 Å². The summed E-state index contributed by atoms with van der Waals surface area (Å²) in [4.78, 5) is 30.7. The van der Waals surface area contributed by atoms with Crippen molar-refractivity contribution < 1.29 is 47.2 Å². The molecule has 3 aromatic carbocycles. The van der Waals surface area contributed by atoms with Crippen LogP contribution in [0.25, 0.3) is 0 Å². The number of sulfonamides is 1. The highest BCUT2D eigenvalue weighted by Crippen LogP contribution is 2.28. The zero-order valence-corrected chi connectivity index (χ0v) is 22.2. The van der Waals surface area contributed by atoms with Crippen molar-refractivity contribution in [2.75, 3.05) is 30.9 Å². The largest absolute Gasteiger partial charge is 0.495 e. The highest BCUT2D eigenvalue weighted by atomic mass is 32.2. The number of methoxy groups -OCH3 is 2. The van der Waals surface area contributed by atoms with Gasteiger partial charge in [0.05, 0.1) is 37.8 Å². The first-order valence-corrected chi connectivity index (χ1v) is 12.7.